The van der Waals surface area contributed by atoms with E-state index in [1.807, 2.05) is 6.92 Å². The van der Waals surface area contributed by atoms with E-state index in [0.29, 0.717) is 22.9 Å². The predicted octanol–water partition coefficient (Wildman–Crippen LogP) is 2.22. The maximum Gasteiger partial charge on any atom is 0.330 e. The van der Waals surface area contributed by atoms with E-state index in [1.54, 1.807) is 45.0 Å². The van der Waals surface area contributed by atoms with Crippen molar-refractivity contribution in [3.63, 3.8) is 0 Å². The summed E-state index contributed by atoms with van der Waals surface area (Å²) in [6.45, 7) is 7.57. The molecular weight excluding hydrogens is 348 g/mol. The van der Waals surface area contributed by atoms with Crippen LogP contribution < -0.4 is 10.9 Å². The van der Waals surface area contributed by atoms with E-state index in [-0.39, 0.29) is 23.8 Å². The maximum atomic E-state index is 12.9. The van der Waals surface area contributed by atoms with Gasteiger partial charge in [0.2, 0.25) is 0 Å². The van der Waals surface area contributed by atoms with Gasteiger partial charge < -0.3 is 20.1 Å². The number of carboxylic acid groups (broad SMARTS) is 1. The molecule has 1 aromatic heterocycles. The molecule has 1 fully saturated rings. The molecule has 1 aromatic carbocycles. The topological polar surface area (TPSA) is 108 Å². The van der Waals surface area contributed by atoms with Crippen molar-refractivity contribution in [1.82, 2.24) is 10.3 Å². The first-order valence-electron chi connectivity index (χ1n) is 8.95. The summed E-state index contributed by atoms with van der Waals surface area (Å²) in [6.07, 6.45) is -0.0955. The normalized spacial score (nSPS) is 23.6. The number of aromatic amines is 1. The van der Waals surface area contributed by atoms with Crippen LogP contribution in [0.4, 0.5) is 0 Å². The molecule has 0 saturated heterocycles. The number of nitrogens with one attached hydrogen (secondary N) is 2. The second-order valence-corrected chi connectivity index (χ2v) is 7.53. The lowest BCUT2D eigenvalue weighted by atomic mass is 9.54. The minimum atomic E-state index is -1.46. The van der Waals surface area contributed by atoms with E-state index in [4.69, 9.17) is 4.74 Å². The van der Waals surface area contributed by atoms with Crippen molar-refractivity contribution < 1.29 is 19.4 Å². The third kappa shape index (κ3) is 2.73. The average Bonchev–Trinajstić information content (AvgIpc) is 2.63. The summed E-state index contributed by atoms with van der Waals surface area (Å²) in [5.41, 5.74) is -1.96. The molecule has 27 heavy (non-hydrogen) atoms. The molecule has 1 amide bonds. The summed E-state index contributed by atoms with van der Waals surface area (Å²) in [5.74, 6) is -1.72. The summed E-state index contributed by atoms with van der Waals surface area (Å²) in [4.78, 5) is 39.9. The monoisotopic (exact) mass is 372 g/mol. The van der Waals surface area contributed by atoms with Crippen LogP contribution >= 0.6 is 0 Å². The van der Waals surface area contributed by atoms with E-state index in [1.165, 1.54) is 0 Å². The van der Waals surface area contributed by atoms with Crippen molar-refractivity contribution in [2.24, 2.45) is 5.41 Å². The molecule has 0 bridgehead atoms. The van der Waals surface area contributed by atoms with E-state index < -0.39 is 22.8 Å². The predicted molar refractivity (Wildman–Crippen MR) is 101 cm³/mol. The molecule has 7 nitrogen and oxygen atoms in total. The number of carbonyl (C=O) groups is 2. The molecule has 1 heterocycles. The minimum absolute atomic E-state index is 0.0787. The molecule has 2 unspecified atom stereocenters. The molecule has 2 aromatic rings. The zero-order valence-corrected chi connectivity index (χ0v) is 15.9. The van der Waals surface area contributed by atoms with Crippen LogP contribution in [0.2, 0.25) is 0 Å². The van der Waals surface area contributed by atoms with Gasteiger partial charge in [0.05, 0.1) is 6.10 Å². The quantitative estimate of drug-likeness (QED) is 0.746. The molecule has 1 aliphatic rings. The Bertz CT molecular complexity index is 978. The molecule has 0 radical (unpaired) electrons. The summed E-state index contributed by atoms with van der Waals surface area (Å²) >= 11 is 0. The van der Waals surface area contributed by atoms with Gasteiger partial charge in [-0.1, -0.05) is 32.0 Å². The standard InChI is InChI=1S/C20H24N2O5/c1-5-27-14-10-20(18(25)26,19(14,3)4)22-17(24)15-11(2)12-8-6-7-9-13(12)16(23)21-15/h6-9,14H,5,10H2,1-4H3,(H,21,23)(H,22,24)(H,25,26). The second-order valence-electron chi connectivity index (χ2n) is 7.53. The van der Waals surface area contributed by atoms with Gasteiger partial charge in [0, 0.05) is 23.8 Å². The smallest absolute Gasteiger partial charge is 0.330 e. The lowest BCUT2D eigenvalue weighted by Gasteiger charge is -2.58. The van der Waals surface area contributed by atoms with Crippen molar-refractivity contribution in [2.75, 3.05) is 6.61 Å². The lowest BCUT2D eigenvalue weighted by Crippen LogP contribution is -2.76. The Morgan fingerprint density at radius 2 is 1.93 bits per heavy atom. The van der Waals surface area contributed by atoms with E-state index >= 15 is 0 Å². The number of hydrogen-bond donors (Lipinski definition) is 3. The van der Waals surface area contributed by atoms with Gasteiger partial charge in [-0.15, -0.1) is 0 Å². The number of amides is 1. The van der Waals surface area contributed by atoms with Crippen LogP contribution in [0.5, 0.6) is 0 Å². The van der Waals surface area contributed by atoms with Crippen LogP contribution in [-0.4, -0.2) is 40.2 Å². The summed E-state index contributed by atoms with van der Waals surface area (Å²) in [6, 6.07) is 6.99. The summed E-state index contributed by atoms with van der Waals surface area (Å²) in [5, 5.41) is 13.7. The Morgan fingerprint density at radius 3 is 2.48 bits per heavy atom. The van der Waals surface area contributed by atoms with Gasteiger partial charge in [0.25, 0.3) is 11.5 Å². The van der Waals surface area contributed by atoms with Crippen molar-refractivity contribution in [1.29, 1.82) is 0 Å². The number of H-pyrrole nitrogens is 1. The molecule has 3 N–H and O–H groups in total. The van der Waals surface area contributed by atoms with Crippen LogP contribution in [0.3, 0.4) is 0 Å². The van der Waals surface area contributed by atoms with Crippen molar-refractivity contribution >= 4 is 22.6 Å². The van der Waals surface area contributed by atoms with Gasteiger partial charge in [0.15, 0.2) is 0 Å². The highest BCUT2D eigenvalue weighted by Gasteiger charge is 2.66. The average molecular weight is 372 g/mol. The van der Waals surface area contributed by atoms with E-state index in [0.717, 1.165) is 0 Å². The van der Waals surface area contributed by atoms with Gasteiger partial charge in [0.1, 0.15) is 11.2 Å². The number of aliphatic carboxylic acids is 1. The Labute approximate surface area is 156 Å². The fraction of sp³-hybridized carbons (Fsp3) is 0.450. The Morgan fingerprint density at radius 1 is 1.30 bits per heavy atom. The first-order chi connectivity index (χ1) is 12.7. The maximum absolute atomic E-state index is 12.9. The summed E-state index contributed by atoms with van der Waals surface area (Å²) in [7, 11) is 0. The molecule has 0 spiro atoms. The highest BCUT2D eigenvalue weighted by Crippen LogP contribution is 2.51. The molecule has 0 aliphatic heterocycles. The molecule has 2 atom stereocenters. The number of rotatable bonds is 5. The second kappa shape index (κ2) is 6.49. The van der Waals surface area contributed by atoms with E-state index in [9.17, 15) is 19.5 Å². The minimum Gasteiger partial charge on any atom is -0.479 e. The highest BCUT2D eigenvalue weighted by molar-refractivity contribution is 6.01. The van der Waals surface area contributed by atoms with Crippen LogP contribution in [0.15, 0.2) is 29.1 Å². The molecule has 1 aliphatic carbocycles. The largest absolute Gasteiger partial charge is 0.479 e. The number of carbonyl (C=O) groups excluding carboxylic acids is 1. The van der Waals surface area contributed by atoms with Gasteiger partial charge in [-0.05, 0) is 30.9 Å². The zero-order valence-electron chi connectivity index (χ0n) is 15.9. The Kier molecular flexibility index (Phi) is 4.59. The number of ether oxygens (including phenoxy) is 1. The SMILES string of the molecule is CCOC1CC(NC(=O)c2[nH]c(=O)c3ccccc3c2C)(C(=O)O)C1(C)C. The lowest BCUT2D eigenvalue weighted by molar-refractivity contribution is -0.190. The molecular formula is C20H24N2O5. The number of aryl methyl sites for hydroxylation is 1. The van der Waals surface area contributed by atoms with Gasteiger partial charge >= 0.3 is 5.97 Å². The number of carboxylic acids is 1. The third-order valence-electron chi connectivity index (χ3n) is 5.87. The first kappa shape index (κ1) is 19.1. The number of hydrogen-bond acceptors (Lipinski definition) is 4. The van der Waals surface area contributed by atoms with Crippen LogP contribution in [-0.2, 0) is 9.53 Å². The Hall–Kier alpha value is -2.67. The van der Waals surface area contributed by atoms with Crippen LogP contribution in [0.1, 0.15) is 43.2 Å². The third-order valence-corrected chi connectivity index (χ3v) is 5.87. The van der Waals surface area contributed by atoms with Crippen molar-refractivity contribution in [3.05, 3.63) is 45.9 Å². The zero-order chi connectivity index (χ0) is 20.0. The number of fused-ring (bicyclic) bond motifs is 1. The van der Waals surface area contributed by atoms with Crippen molar-refractivity contribution in [2.45, 2.75) is 45.8 Å². The Balaban J connectivity index is 2.00. The first-order valence-corrected chi connectivity index (χ1v) is 8.95. The van der Waals surface area contributed by atoms with Crippen molar-refractivity contribution in [3.8, 4) is 0 Å². The number of pyridine rings is 1. The van der Waals surface area contributed by atoms with Gasteiger partial charge in [-0.25, -0.2) is 4.79 Å². The molecule has 144 valence electrons. The molecule has 7 heteroatoms. The highest BCUT2D eigenvalue weighted by atomic mass is 16.5. The van der Waals surface area contributed by atoms with E-state index in [2.05, 4.69) is 10.3 Å². The van der Waals surface area contributed by atoms with Crippen LogP contribution in [0.25, 0.3) is 10.8 Å². The van der Waals surface area contributed by atoms with Gasteiger partial charge in [-0.3, -0.25) is 9.59 Å². The summed E-state index contributed by atoms with van der Waals surface area (Å²) < 4.78 is 5.61. The molecule has 1 saturated carbocycles. The van der Waals surface area contributed by atoms with Gasteiger partial charge in [-0.2, -0.15) is 0 Å². The molecule has 3 rings (SSSR count). The number of benzene rings is 1. The van der Waals surface area contributed by atoms with Crippen LogP contribution in [0, 0.1) is 12.3 Å². The fourth-order valence-electron chi connectivity index (χ4n) is 3.94. The number of aromatic nitrogens is 1. The fourth-order valence-corrected chi connectivity index (χ4v) is 3.94.